The number of hydrogen-bond donors (Lipinski definition) is 1. The van der Waals surface area contributed by atoms with E-state index in [4.69, 9.17) is 4.74 Å². The molecule has 0 heterocycles. The molecule has 1 rings (SSSR count). The van der Waals surface area contributed by atoms with Crippen LogP contribution in [0.4, 0.5) is 5.69 Å². The Labute approximate surface area is 111 Å². The number of anilines is 1. The minimum atomic E-state index is -0.454. The van der Waals surface area contributed by atoms with Crippen molar-refractivity contribution in [2.75, 3.05) is 5.32 Å². The predicted molar refractivity (Wildman–Crippen MR) is 73.1 cm³/mol. The molecule has 0 saturated heterocycles. The molecule has 0 aliphatic carbocycles. The van der Waals surface area contributed by atoms with Crippen LogP contribution in [-0.2, 0) is 9.53 Å². The summed E-state index contributed by atoms with van der Waals surface area (Å²) in [5, 5.41) is 3.10. The van der Waals surface area contributed by atoms with Gasteiger partial charge in [0.05, 0.1) is 0 Å². The summed E-state index contributed by atoms with van der Waals surface area (Å²) in [6, 6.07) is 7.30. The van der Waals surface area contributed by atoms with Gasteiger partial charge in [-0.25, -0.2) is 4.79 Å². The van der Waals surface area contributed by atoms with Gasteiger partial charge < -0.3 is 10.1 Å². The standard InChI is InChI=1S/C13H18BrNO2/c1-9(12(16)17-13(2,3)4)15-11-7-5-6-10(14)8-11/h5-9,15H,1-4H3. The van der Waals surface area contributed by atoms with Crippen molar-refractivity contribution in [3.63, 3.8) is 0 Å². The van der Waals surface area contributed by atoms with Crippen molar-refractivity contribution in [2.24, 2.45) is 0 Å². The van der Waals surface area contributed by atoms with Gasteiger partial charge >= 0.3 is 5.97 Å². The average Bonchev–Trinajstić information content (AvgIpc) is 2.14. The summed E-state index contributed by atoms with van der Waals surface area (Å²) in [4.78, 5) is 11.8. The van der Waals surface area contributed by atoms with Crippen LogP contribution in [0.15, 0.2) is 28.7 Å². The molecule has 0 saturated carbocycles. The Morgan fingerprint density at radius 1 is 1.41 bits per heavy atom. The molecule has 1 unspecified atom stereocenters. The average molecular weight is 300 g/mol. The Morgan fingerprint density at radius 2 is 2.06 bits per heavy atom. The van der Waals surface area contributed by atoms with Gasteiger partial charge in [-0.3, -0.25) is 0 Å². The topological polar surface area (TPSA) is 38.3 Å². The molecule has 0 radical (unpaired) electrons. The SMILES string of the molecule is CC(Nc1cccc(Br)c1)C(=O)OC(C)(C)C. The Hall–Kier alpha value is -1.03. The highest BCUT2D eigenvalue weighted by molar-refractivity contribution is 9.10. The summed E-state index contributed by atoms with van der Waals surface area (Å²) in [7, 11) is 0. The van der Waals surface area contributed by atoms with Crippen LogP contribution in [0.25, 0.3) is 0 Å². The van der Waals surface area contributed by atoms with Gasteiger partial charge in [0.1, 0.15) is 11.6 Å². The van der Waals surface area contributed by atoms with Crippen LogP contribution < -0.4 is 5.32 Å². The van der Waals surface area contributed by atoms with Crippen LogP contribution in [0.1, 0.15) is 27.7 Å². The summed E-state index contributed by atoms with van der Waals surface area (Å²) >= 11 is 3.38. The molecule has 94 valence electrons. The number of halogens is 1. The minimum Gasteiger partial charge on any atom is -0.458 e. The van der Waals surface area contributed by atoms with E-state index >= 15 is 0 Å². The van der Waals surface area contributed by atoms with E-state index in [1.165, 1.54) is 0 Å². The van der Waals surface area contributed by atoms with Crippen molar-refractivity contribution >= 4 is 27.6 Å². The van der Waals surface area contributed by atoms with E-state index in [0.717, 1.165) is 10.2 Å². The van der Waals surface area contributed by atoms with Crippen LogP contribution >= 0.6 is 15.9 Å². The number of carbonyl (C=O) groups excluding carboxylic acids is 1. The molecule has 1 atom stereocenters. The first-order valence-electron chi connectivity index (χ1n) is 5.53. The highest BCUT2D eigenvalue weighted by atomic mass is 79.9. The Bertz CT molecular complexity index is 399. The molecular formula is C13H18BrNO2. The van der Waals surface area contributed by atoms with Crippen molar-refractivity contribution in [3.05, 3.63) is 28.7 Å². The lowest BCUT2D eigenvalue weighted by Crippen LogP contribution is -2.34. The van der Waals surface area contributed by atoms with E-state index in [9.17, 15) is 4.79 Å². The largest absolute Gasteiger partial charge is 0.458 e. The summed E-state index contributed by atoms with van der Waals surface area (Å²) in [5.74, 6) is -0.252. The van der Waals surface area contributed by atoms with E-state index in [0.29, 0.717) is 0 Å². The first kappa shape index (κ1) is 14.0. The zero-order valence-corrected chi connectivity index (χ0v) is 12.2. The smallest absolute Gasteiger partial charge is 0.328 e. The second kappa shape index (κ2) is 5.54. The Balaban J connectivity index is 2.60. The van der Waals surface area contributed by atoms with Crippen LogP contribution in [0.3, 0.4) is 0 Å². The third-order valence-electron chi connectivity index (χ3n) is 1.97. The zero-order valence-electron chi connectivity index (χ0n) is 10.6. The van der Waals surface area contributed by atoms with Gasteiger partial charge in [0.25, 0.3) is 0 Å². The highest BCUT2D eigenvalue weighted by Gasteiger charge is 2.21. The van der Waals surface area contributed by atoms with Crippen LogP contribution in [-0.4, -0.2) is 17.6 Å². The first-order chi connectivity index (χ1) is 7.78. The molecule has 1 aromatic rings. The van der Waals surface area contributed by atoms with Gasteiger partial charge in [0.15, 0.2) is 0 Å². The molecule has 0 amide bonds. The molecule has 1 aromatic carbocycles. The van der Waals surface area contributed by atoms with Crippen molar-refractivity contribution < 1.29 is 9.53 Å². The summed E-state index contributed by atoms with van der Waals surface area (Å²) < 4.78 is 6.26. The lowest BCUT2D eigenvalue weighted by atomic mass is 10.2. The molecule has 0 bridgehead atoms. The second-order valence-corrected chi connectivity index (χ2v) is 5.83. The maximum atomic E-state index is 11.8. The van der Waals surface area contributed by atoms with Crippen molar-refractivity contribution in [3.8, 4) is 0 Å². The normalized spacial score (nSPS) is 13.0. The third kappa shape index (κ3) is 5.22. The van der Waals surface area contributed by atoms with E-state index in [1.807, 2.05) is 45.0 Å². The molecular weight excluding hydrogens is 282 g/mol. The number of carbonyl (C=O) groups is 1. The Kier molecular flexibility index (Phi) is 4.57. The van der Waals surface area contributed by atoms with E-state index in [2.05, 4.69) is 21.2 Å². The summed E-state index contributed by atoms with van der Waals surface area (Å²) in [6.07, 6.45) is 0. The maximum Gasteiger partial charge on any atom is 0.328 e. The zero-order chi connectivity index (χ0) is 13.1. The summed E-state index contributed by atoms with van der Waals surface area (Å²) in [6.45, 7) is 7.36. The van der Waals surface area contributed by atoms with Gasteiger partial charge in [-0.05, 0) is 45.9 Å². The van der Waals surface area contributed by atoms with Gasteiger partial charge in [-0.15, -0.1) is 0 Å². The molecule has 4 heteroatoms. The monoisotopic (exact) mass is 299 g/mol. The molecule has 0 aliphatic heterocycles. The molecule has 0 fully saturated rings. The quantitative estimate of drug-likeness (QED) is 0.867. The lowest BCUT2D eigenvalue weighted by Gasteiger charge is -2.23. The molecule has 0 aromatic heterocycles. The fourth-order valence-electron chi connectivity index (χ4n) is 1.28. The van der Waals surface area contributed by atoms with Crippen molar-refractivity contribution in [2.45, 2.75) is 39.3 Å². The highest BCUT2D eigenvalue weighted by Crippen LogP contribution is 2.17. The predicted octanol–water partition coefficient (Wildman–Crippen LogP) is 3.59. The number of benzene rings is 1. The first-order valence-corrected chi connectivity index (χ1v) is 6.32. The van der Waals surface area contributed by atoms with Crippen molar-refractivity contribution in [1.29, 1.82) is 0 Å². The molecule has 3 nitrogen and oxygen atoms in total. The van der Waals surface area contributed by atoms with Crippen LogP contribution in [0.2, 0.25) is 0 Å². The van der Waals surface area contributed by atoms with E-state index in [-0.39, 0.29) is 12.0 Å². The lowest BCUT2D eigenvalue weighted by molar-refractivity contribution is -0.155. The molecule has 17 heavy (non-hydrogen) atoms. The fraction of sp³-hybridized carbons (Fsp3) is 0.462. The summed E-state index contributed by atoms with van der Waals surface area (Å²) in [5.41, 5.74) is 0.433. The molecule has 0 aliphatic rings. The fourth-order valence-corrected chi connectivity index (χ4v) is 1.68. The van der Waals surface area contributed by atoms with Gasteiger partial charge in [-0.1, -0.05) is 22.0 Å². The van der Waals surface area contributed by atoms with Crippen molar-refractivity contribution in [1.82, 2.24) is 0 Å². The number of ether oxygens (including phenoxy) is 1. The minimum absolute atomic E-state index is 0.252. The van der Waals surface area contributed by atoms with E-state index in [1.54, 1.807) is 6.92 Å². The number of hydrogen-bond acceptors (Lipinski definition) is 3. The molecule has 1 N–H and O–H groups in total. The Morgan fingerprint density at radius 3 is 2.59 bits per heavy atom. The molecule has 0 spiro atoms. The van der Waals surface area contributed by atoms with Gasteiger partial charge in [0.2, 0.25) is 0 Å². The third-order valence-corrected chi connectivity index (χ3v) is 2.46. The second-order valence-electron chi connectivity index (χ2n) is 4.91. The van der Waals surface area contributed by atoms with Gasteiger partial charge in [-0.2, -0.15) is 0 Å². The maximum absolute atomic E-state index is 11.8. The van der Waals surface area contributed by atoms with E-state index < -0.39 is 5.60 Å². The number of nitrogens with one attached hydrogen (secondary N) is 1. The number of rotatable bonds is 3. The van der Waals surface area contributed by atoms with Crippen LogP contribution in [0, 0.1) is 0 Å². The van der Waals surface area contributed by atoms with Crippen LogP contribution in [0.5, 0.6) is 0 Å². The number of esters is 1. The van der Waals surface area contributed by atoms with Gasteiger partial charge in [0, 0.05) is 10.2 Å².